The van der Waals surface area contributed by atoms with E-state index >= 15 is 0 Å². The van der Waals surface area contributed by atoms with E-state index in [0.29, 0.717) is 26.1 Å². The maximum Gasteiger partial charge on any atom is 0.218 e. The van der Waals surface area contributed by atoms with E-state index in [1.54, 1.807) is 4.31 Å². The Morgan fingerprint density at radius 1 is 1.41 bits per heavy atom. The Hall–Kier alpha value is -0.170. The van der Waals surface area contributed by atoms with Crippen molar-refractivity contribution in [1.29, 1.82) is 0 Å². The van der Waals surface area contributed by atoms with E-state index in [1.807, 2.05) is 20.8 Å². The second kappa shape index (κ2) is 4.50. The summed E-state index contributed by atoms with van der Waals surface area (Å²) in [6.45, 7) is 8.12. The predicted octanol–water partition coefficient (Wildman–Crippen LogP) is 0.177. The van der Waals surface area contributed by atoms with E-state index in [2.05, 4.69) is 5.32 Å². The molecule has 2 aliphatic heterocycles. The zero-order valence-corrected chi connectivity index (χ0v) is 11.6. The van der Waals surface area contributed by atoms with Crippen molar-refractivity contribution in [2.75, 3.05) is 26.2 Å². The predicted molar refractivity (Wildman–Crippen MR) is 66.4 cm³/mol. The standard InChI is InChI=1S/C11H22N2O3S/c1-9-7-13(8-11(2,3)16-9)17(14,15)10-4-5-12-6-10/h9-10,12H,4-8H2,1-3H3. The minimum absolute atomic E-state index is 0.0390. The third-order valence-electron chi connectivity index (χ3n) is 3.33. The SMILES string of the molecule is CC1CN(S(=O)(=O)C2CCNC2)CC(C)(C)O1. The Morgan fingerprint density at radius 2 is 2.12 bits per heavy atom. The third kappa shape index (κ3) is 2.81. The van der Waals surface area contributed by atoms with Gasteiger partial charge in [-0.05, 0) is 33.7 Å². The van der Waals surface area contributed by atoms with Gasteiger partial charge in [0.25, 0.3) is 0 Å². The Balaban J connectivity index is 2.15. The number of nitrogens with zero attached hydrogens (tertiary/aromatic N) is 1. The van der Waals surface area contributed by atoms with Crippen LogP contribution in [0.3, 0.4) is 0 Å². The first-order chi connectivity index (χ1) is 7.81. The lowest BCUT2D eigenvalue weighted by molar-refractivity contribution is -0.109. The molecule has 6 heteroatoms. The number of sulfonamides is 1. The average molecular weight is 262 g/mol. The monoisotopic (exact) mass is 262 g/mol. The van der Waals surface area contributed by atoms with Gasteiger partial charge in [0.15, 0.2) is 0 Å². The summed E-state index contributed by atoms with van der Waals surface area (Å²) in [6.07, 6.45) is 0.678. The molecule has 2 fully saturated rings. The molecule has 0 spiro atoms. The summed E-state index contributed by atoms with van der Waals surface area (Å²) in [7, 11) is -3.17. The van der Waals surface area contributed by atoms with Crippen molar-refractivity contribution in [3.05, 3.63) is 0 Å². The summed E-state index contributed by atoms with van der Waals surface area (Å²) < 4.78 is 32.3. The smallest absolute Gasteiger partial charge is 0.218 e. The molecule has 1 N–H and O–H groups in total. The van der Waals surface area contributed by atoms with Gasteiger partial charge in [-0.15, -0.1) is 0 Å². The molecule has 5 nitrogen and oxygen atoms in total. The van der Waals surface area contributed by atoms with Gasteiger partial charge >= 0.3 is 0 Å². The van der Waals surface area contributed by atoms with Gasteiger partial charge in [0.2, 0.25) is 10.0 Å². The Labute approximate surface area is 104 Å². The van der Waals surface area contributed by atoms with Gasteiger partial charge in [0.1, 0.15) is 0 Å². The van der Waals surface area contributed by atoms with Crippen LogP contribution < -0.4 is 5.32 Å². The summed E-state index contributed by atoms with van der Waals surface area (Å²) in [4.78, 5) is 0. The van der Waals surface area contributed by atoms with Crippen LogP contribution in [0, 0.1) is 0 Å². The van der Waals surface area contributed by atoms with Gasteiger partial charge in [-0.25, -0.2) is 8.42 Å². The second-order valence-corrected chi connectivity index (χ2v) is 7.85. The van der Waals surface area contributed by atoms with E-state index in [1.165, 1.54) is 0 Å². The van der Waals surface area contributed by atoms with Crippen LogP contribution in [-0.2, 0) is 14.8 Å². The fourth-order valence-electron chi connectivity index (χ4n) is 2.68. The molecule has 2 aliphatic rings. The molecule has 2 saturated heterocycles. The first kappa shape index (κ1) is 13.3. The van der Waals surface area contributed by atoms with Gasteiger partial charge in [-0.1, -0.05) is 0 Å². The molecular weight excluding hydrogens is 240 g/mol. The van der Waals surface area contributed by atoms with Crippen molar-refractivity contribution in [1.82, 2.24) is 9.62 Å². The van der Waals surface area contributed by atoms with E-state index in [0.717, 1.165) is 6.54 Å². The highest BCUT2D eigenvalue weighted by atomic mass is 32.2. The minimum atomic E-state index is -3.17. The first-order valence-electron chi connectivity index (χ1n) is 6.19. The molecule has 0 aromatic carbocycles. The topological polar surface area (TPSA) is 58.6 Å². The Bertz CT molecular complexity index is 374. The number of nitrogens with one attached hydrogen (secondary N) is 1. The number of morpholine rings is 1. The first-order valence-corrected chi connectivity index (χ1v) is 7.69. The van der Waals surface area contributed by atoms with Crippen molar-refractivity contribution in [2.45, 2.75) is 44.1 Å². The number of rotatable bonds is 2. The Kier molecular flexibility index (Phi) is 3.51. The summed E-state index contributed by atoms with van der Waals surface area (Å²) in [6, 6.07) is 0. The van der Waals surface area contributed by atoms with Gasteiger partial charge in [-0.3, -0.25) is 0 Å². The van der Waals surface area contributed by atoms with Gasteiger partial charge in [0.05, 0.1) is 17.0 Å². The van der Waals surface area contributed by atoms with E-state index < -0.39 is 15.6 Å². The fraction of sp³-hybridized carbons (Fsp3) is 1.00. The zero-order valence-electron chi connectivity index (χ0n) is 10.8. The average Bonchev–Trinajstić information content (AvgIpc) is 2.67. The quantitative estimate of drug-likeness (QED) is 0.771. The molecule has 0 saturated carbocycles. The van der Waals surface area contributed by atoms with E-state index in [4.69, 9.17) is 4.74 Å². The van der Waals surface area contributed by atoms with Crippen molar-refractivity contribution < 1.29 is 13.2 Å². The minimum Gasteiger partial charge on any atom is -0.370 e. The molecule has 0 aliphatic carbocycles. The lowest BCUT2D eigenvalue weighted by atomic mass is 10.1. The van der Waals surface area contributed by atoms with Crippen LogP contribution in [0.5, 0.6) is 0 Å². The molecule has 0 radical (unpaired) electrons. The van der Waals surface area contributed by atoms with Crippen LogP contribution >= 0.6 is 0 Å². The molecule has 100 valence electrons. The number of hydrogen-bond acceptors (Lipinski definition) is 4. The second-order valence-electron chi connectivity index (χ2n) is 5.64. The van der Waals surface area contributed by atoms with Crippen molar-refractivity contribution in [3.8, 4) is 0 Å². The van der Waals surface area contributed by atoms with Crippen LogP contribution in [0.15, 0.2) is 0 Å². The summed E-state index contributed by atoms with van der Waals surface area (Å²) in [5, 5.41) is 2.85. The molecule has 2 atom stereocenters. The maximum absolute atomic E-state index is 12.5. The highest BCUT2D eigenvalue weighted by molar-refractivity contribution is 7.89. The van der Waals surface area contributed by atoms with Crippen LogP contribution in [0.4, 0.5) is 0 Å². The normalized spacial score (nSPS) is 35.0. The molecule has 2 rings (SSSR count). The number of hydrogen-bond donors (Lipinski definition) is 1. The molecule has 0 aromatic rings. The molecular formula is C11H22N2O3S. The largest absolute Gasteiger partial charge is 0.370 e. The third-order valence-corrected chi connectivity index (χ3v) is 5.58. The zero-order chi connectivity index (χ0) is 12.7. The van der Waals surface area contributed by atoms with Gasteiger partial charge in [0, 0.05) is 19.6 Å². The van der Waals surface area contributed by atoms with Crippen LogP contribution in [0.1, 0.15) is 27.2 Å². The van der Waals surface area contributed by atoms with Crippen LogP contribution in [0.2, 0.25) is 0 Å². The molecule has 17 heavy (non-hydrogen) atoms. The highest BCUT2D eigenvalue weighted by Gasteiger charge is 2.41. The van der Waals surface area contributed by atoms with E-state index in [-0.39, 0.29) is 11.4 Å². The molecule has 2 unspecified atom stereocenters. The maximum atomic E-state index is 12.5. The van der Waals surface area contributed by atoms with Crippen molar-refractivity contribution in [2.24, 2.45) is 0 Å². The lowest BCUT2D eigenvalue weighted by Gasteiger charge is -2.41. The highest BCUT2D eigenvalue weighted by Crippen LogP contribution is 2.25. The fourth-order valence-corrected chi connectivity index (χ4v) is 4.76. The van der Waals surface area contributed by atoms with Crippen LogP contribution in [-0.4, -0.2) is 55.9 Å². The van der Waals surface area contributed by atoms with Crippen LogP contribution in [0.25, 0.3) is 0 Å². The summed E-state index contributed by atoms with van der Waals surface area (Å²) in [5.74, 6) is 0. The summed E-state index contributed by atoms with van der Waals surface area (Å²) in [5.41, 5.74) is -0.392. The van der Waals surface area contributed by atoms with E-state index in [9.17, 15) is 8.42 Å². The molecule has 2 heterocycles. The summed E-state index contributed by atoms with van der Waals surface area (Å²) >= 11 is 0. The van der Waals surface area contributed by atoms with Gasteiger partial charge in [-0.2, -0.15) is 4.31 Å². The van der Waals surface area contributed by atoms with Crippen molar-refractivity contribution in [3.63, 3.8) is 0 Å². The molecule has 0 bridgehead atoms. The lowest BCUT2D eigenvalue weighted by Crippen LogP contribution is -2.55. The number of ether oxygens (including phenoxy) is 1. The molecule has 0 aromatic heterocycles. The van der Waals surface area contributed by atoms with Gasteiger partial charge < -0.3 is 10.1 Å². The molecule has 0 amide bonds. The van der Waals surface area contributed by atoms with Crippen molar-refractivity contribution >= 4 is 10.0 Å². The Morgan fingerprint density at radius 3 is 2.65 bits per heavy atom.